The summed E-state index contributed by atoms with van der Waals surface area (Å²) in [6, 6.07) is 5.45. The Morgan fingerprint density at radius 1 is 1.38 bits per heavy atom. The molecule has 2 aliphatic rings. The van der Waals surface area contributed by atoms with Gasteiger partial charge in [-0.25, -0.2) is 9.67 Å². The van der Waals surface area contributed by atoms with Gasteiger partial charge in [0.05, 0.1) is 17.7 Å². The number of aromatic nitrogens is 3. The number of fused-ring (bicyclic) bond motifs is 1. The Balaban J connectivity index is 1.59. The summed E-state index contributed by atoms with van der Waals surface area (Å²) < 4.78 is 7.08. The second kappa shape index (κ2) is 6.21. The van der Waals surface area contributed by atoms with E-state index in [1.165, 1.54) is 6.33 Å². The van der Waals surface area contributed by atoms with Crippen LogP contribution in [0.5, 0.6) is 0 Å². The van der Waals surface area contributed by atoms with Gasteiger partial charge in [0.15, 0.2) is 0 Å². The van der Waals surface area contributed by atoms with Crippen molar-refractivity contribution in [1.82, 2.24) is 19.7 Å². The van der Waals surface area contributed by atoms with E-state index in [9.17, 15) is 14.7 Å². The van der Waals surface area contributed by atoms with Gasteiger partial charge in [-0.05, 0) is 37.1 Å². The van der Waals surface area contributed by atoms with Crippen molar-refractivity contribution in [3.63, 3.8) is 0 Å². The Labute approximate surface area is 150 Å². The van der Waals surface area contributed by atoms with Crippen molar-refractivity contribution in [2.24, 2.45) is 11.3 Å². The van der Waals surface area contributed by atoms with Gasteiger partial charge in [0, 0.05) is 31.2 Å². The first kappa shape index (κ1) is 16.7. The fourth-order valence-electron chi connectivity index (χ4n) is 4.00. The summed E-state index contributed by atoms with van der Waals surface area (Å²) in [4.78, 5) is 30.5. The van der Waals surface area contributed by atoms with Gasteiger partial charge in [-0.1, -0.05) is 0 Å². The number of ether oxygens (including phenoxy) is 1. The Morgan fingerprint density at radius 3 is 2.88 bits per heavy atom. The smallest absolute Gasteiger partial charge is 0.311 e. The summed E-state index contributed by atoms with van der Waals surface area (Å²) in [6.07, 6.45) is 3.49. The third-order valence-electron chi connectivity index (χ3n) is 5.54. The number of carboxylic acids is 1. The fraction of sp³-hybridized carbons (Fsp3) is 0.444. The van der Waals surface area contributed by atoms with Crippen LogP contribution in [0.2, 0.25) is 0 Å². The van der Waals surface area contributed by atoms with Crippen LogP contribution < -0.4 is 0 Å². The van der Waals surface area contributed by atoms with Crippen molar-refractivity contribution in [3.05, 3.63) is 42.0 Å². The maximum atomic E-state index is 13.0. The van der Waals surface area contributed by atoms with E-state index in [1.54, 1.807) is 22.0 Å². The second-order valence-electron chi connectivity index (χ2n) is 7.01. The van der Waals surface area contributed by atoms with Crippen LogP contribution >= 0.6 is 0 Å². The molecule has 2 aliphatic heterocycles. The molecule has 0 unspecified atom stereocenters. The van der Waals surface area contributed by atoms with Crippen LogP contribution in [0, 0.1) is 18.3 Å². The lowest BCUT2D eigenvalue weighted by molar-refractivity contribution is -0.157. The predicted molar refractivity (Wildman–Crippen MR) is 91.0 cm³/mol. The molecule has 26 heavy (non-hydrogen) atoms. The molecule has 3 heterocycles. The molecule has 2 saturated heterocycles. The molecule has 0 spiro atoms. The summed E-state index contributed by atoms with van der Waals surface area (Å²) in [7, 11) is 0. The number of amides is 1. The van der Waals surface area contributed by atoms with E-state index in [0.717, 1.165) is 11.3 Å². The van der Waals surface area contributed by atoms with E-state index < -0.39 is 11.4 Å². The molecule has 1 amide bonds. The number of benzene rings is 1. The molecule has 8 nitrogen and oxygen atoms in total. The van der Waals surface area contributed by atoms with Crippen LogP contribution in [0.1, 0.15) is 22.3 Å². The van der Waals surface area contributed by atoms with Gasteiger partial charge < -0.3 is 14.7 Å². The van der Waals surface area contributed by atoms with Crippen molar-refractivity contribution in [3.8, 4) is 5.69 Å². The molecule has 1 aromatic heterocycles. The molecule has 8 heteroatoms. The first-order valence-corrected chi connectivity index (χ1v) is 8.57. The third kappa shape index (κ3) is 2.57. The van der Waals surface area contributed by atoms with E-state index in [2.05, 4.69) is 10.1 Å². The Hall–Kier alpha value is -2.74. The minimum Gasteiger partial charge on any atom is -0.481 e. The number of likely N-dealkylation sites (tertiary alicyclic amines) is 1. The fourth-order valence-corrected chi connectivity index (χ4v) is 4.00. The number of hydrogen-bond acceptors (Lipinski definition) is 5. The lowest BCUT2D eigenvalue weighted by Gasteiger charge is -2.33. The van der Waals surface area contributed by atoms with E-state index in [4.69, 9.17) is 4.74 Å². The highest BCUT2D eigenvalue weighted by Crippen LogP contribution is 2.43. The zero-order valence-electron chi connectivity index (χ0n) is 14.5. The summed E-state index contributed by atoms with van der Waals surface area (Å²) in [5.74, 6) is -1.13. The van der Waals surface area contributed by atoms with Crippen molar-refractivity contribution >= 4 is 11.9 Å². The Morgan fingerprint density at radius 2 is 2.23 bits per heavy atom. The molecule has 2 fully saturated rings. The van der Waals surface area contributed by atoms with Gasteiger partial charge in [-0.3, -0.25) is 9.59 Å². The van der Waals surface area contributed by atoms with Crippen molar-refractivity contribution in [2.45, 2.75) is 13.3 Å². The highest BCUT2D eigenvalue weighted by atomic mass is 16.5. The molecular weight excluding hydrogens is 336 g/mol. The average molecular weight is 356 g/mol. The highest BCUT2D eigenvalue weighted by molar-refractivity contribution is 5.96. The summed E-state index contributed by atoms with van der Waals surface area (Å²) in [5.41, 5.74) is 1.33. The van der Waals surface area contributed by atoms with Crippen molar-refractivity contribution in [2.75, 3.05) is 26.3 Å². The van der Waals surface area contributed by atoms with Crippen LogP contribution in [0.25, 0.3) is 5.69 Å². The summed E-state index contributed by atoms with van der Waals surface area (Å²) >= 11 is 0. The van der Waals surface area contributed by atoms with Gasteiger partial charge in [-0.2, -0.15) is 5.10 Å². The van der Waals surface area contributed by atoms with Gasteiger partial charge >= 0.3 is 5.97 Å². The predicted octanol–water partition coefficient (Wildman–Crippen LogP) is 1.14. The zero-order chi connectivity index (χ0) is 18.3. The standard InChI is InChI=1S/C18H20N4O4/c1-12-6-14(22-11-19-10-20-22)2-3-15(12)16(23)21-7-13-8-26-5-4-18(13,9-21)17(24)25/h2-3,6,10-11,13H,4-5,7-9H2,1H3,(H,24,25)/t13-,18+/m0/s1. The van der Waals surface area contributed by atoms with Crippen molar-refractivity contribution in [1.29, 1.82) is 0 Å². The summed E-state index contributed by atoms with van der Waals surface area (Å²) in [6.45, 7) is 3.33. The average Bonchev–Trinajstić information content (AvgIpc) is 3.29. The number of aliphatic carboxylic acids is 1. The van der Waals surface area contributed by atoms with Gasteiger partial charge in [-0.15, -0.1) is 0 Å². The maximum Gasteiger partial charge on any atom is 0.311 e. The number of carbonyl (C=O) groups excluding carboxylic acids is 1. The lowest BCUT2D eigenvalue weighted by atomic mass is 9.74. The molecule has 0 saturated carbocycles. The van der Waals surface area contributed by atoms with E-state index in [-0.39, 0.29) is 18.4 Å². The minimum absolute atomic E-state index is 0.136. The minimum atomic E-state index is -0.886. The van der Waals surface area contributed by atoms with E-state index in [1.807, 2.05) is 19.1 Å². The molecule has 136 valence electrons. The number of carbonyl (C=O) groups is 2. The van der Waals surface area contributed by atoms with E-state index in [0.29, 0.717) is 31.7 Å². The summed E-state index contributed by atoms with van der Waals surface area (Å²) in [5, 5.41) is 13.8. The first-order chi connectivity index (χ1) is 12.5. The molecule has 4 rings (SSSR count). The molecule has 1 N–H and O–H groups in total. The maximum absolute atomic E-state index is 13.0. The normalized spacial score (nSPS) is 25.1. The quantitative estimate of drug-likeness (QED) is 0.886. The van der Waals surface area contributed by atoms with Crippen molar-refractivity contribution < 1.29 is 19.4 Å². The number of carboxylic acid groups (broad SMARTS) is 1. The lowest BCUT2D eigenvalue weighted by Crippen LogP contribution is -2.45. The number of hydrogen-bond donors (Lipinski definition) is 1. The molecule has 0 bridgehead atoms. The largest absolute Gasteiger partial charge is 0.481 e. The van der Waals surface area contributed by atoms with Gasteiger partial charge in [0.1, 0.15) is 12.7 Å². The molecule has 2 aromatic rings. The van der Waals surface area contributed by atoms with E-state index >= 15 is 0 Å². The van der Waals surface area contributed by atoms with Crippen LogP contribution in [-0.4, -0.2) is 63.0 Å². The number of nitrogens with zero attached hydrogens (tertiary/aromatic N) is 4. The first-order valence-electron chi connectivity index (χ1n) is 8.57. The van der Waals surface area contributed by atoms with Gasteiger partial charge in [0.2, 0.25) is 0 Å². The molecule has 0 radical (unpaired) electrons. The zero-order valence-corrected chi connectivity index (χ0v) is 14.5. The third-order valence-corrected chi connectivity index (χ3v) is 5.54. The Kier molecular flexibility index (Phi) is 3.99. The SMILES string of the molecule is Cc1cc(-n2cncn2)ccc1C(=O)N1C[C@H]2COCC[C@@]2(C(=O)O)C1. The highest BCUT2D eigenvalue weighted by Gasteiger charge is 2.55. The molecule has 2 atom stereocenters. The second-order valence-corrected chi connectivity index (χ2v) is 7.01. The number of aryl methyl sites for hydroxylation is 1. The van der Waals surface area contributed by atoms with Crippen LogP contribution in [0.3, 0.4) is 0 Å². The molecule has 1 aromatic carbocycles. The monoisotopic (exact) mass is 356 g/mol. The molecular formula is C18H20N4O4. The molecule has 0 aliphatic carbocycles. The Bertz CT molecular complexity index is 851. The van der Waals surface area contributed by atoms with Gasteiger partial charge in [0.25, 0.3) is 5.91 Å². The topological polar surface area (TPSA) is 97.5 Å². The van der Waals surface area contributed by atoms with Crippen LogP contribution in [0.4, 0.5) is 0 Å². The number of rotatable bonds is 3. The van der Waals surface area contributed by atoms with Crippen LogP contribution in [0.15, 0.2) is 30.9 Å². The van der Waals surface area contributed by atoms with Crippen LogP contribution in [-0.2, 0) is 9.53 Å².